The highest BCUT2D eigenvalue weighted by molar-refractivity contribution is 6.30. The summed E-state index contributed by atoms with van der Waals surface area (Å²) in [5, 5.41) is 9.74. The second-order valence-electron chi connectivity index (χ2n) is 10.0. The van der Waals surface area contributed by atoms with Crippen molar-refractivity contribution in [2.75, 3.05) is 31.2 Å². The number of hydrogen-bond donors (Lipinski definition) is 1. The maximum Gasteiger partial charge on any atom is 0.312 e. The number of esters is 1. The van der Waals surface area contributed by atoms with E-state index in [0.29, 0.717) is 49.4 Å². The number of likely N-dealkylation sites (tertiary alicyclic amines) is 1. The van der Waals surface area contributed by atoms with Crippen molar-refractivity contribution in [1.29, 1.82) is 0 Å². The standard InChI is InChI=1S/C27H35ClN2O6/c1-4-15-29(19-11-9-18(28)10-12-19)24(33)22-27-14-13-26(3,36-27)21(25(34)35-5-2)20(27)23(32)30(22)16-7-6-8-17-31/h4,9-12,20-22,31H,1,5-8,13-17H2,2-3H3/t20-,21+,22?,26-,27?/m0/s1. The van der Waals surface area contributed by atoms with Crippen LogP contribution in [0.25, 0.3) is 0 Å². The summed E-state index contributed by atoms with van der Waals surface area (Å²) in [6.07, 6.45) is 4.66. The fraction of sp³-hybridized carbons (Fsp3) is 0.593. The van der Waals surface area contributed by atoms with Crippen LogP contribution >= 0.6 is 11.6 Å². The fourth-order valence-electron chi connectivity index (χ4n) is 6.33. The third-order valence-electron chi connectivity index (χ3n) is 7.82. The maximum absolute atomic E-state index is 14.3. The highest BCUT2D eigenvalue weighted by Gasteiger charge is 2.78. The van der Waals surface area contributed by atoms with Crippen molar-refractivity contribution in [2.45, 2.75) is 63.2 Å². The number of amides is 2. The molecule has 0 radical (unpaired) electrons. The Bertz CT molecular complexity index is 1020. The molecule has 3 fully saturated rings. The lowest BCUT2D eigenvalue weighted by Gasteiger charge is -2.36. The summed E-state index contributed by atoms with van der Waals surface area (Å²) in [5.41, 5.74) is -1.33. The lowest BCUT2D eigenvalue weighted by Crippen LogP contribution is -2.56. The molecule has 5 atom stereocenters. The quantitative estimate of drug-likeness (QED) is 0.274. The van der Waals surface area contributed by atoms with Crippen LogP contribution in [0.4, 0.5) is 5.69 Å². The number of aliphatic hydroxyl groups excluding tert-OH is 1. The van der Waals surface area contributed by atoms with Gasteiger partial charge in [-0.25, -0.2) is 0 Å². The molecule has 3 heterocycles. The SMILES string of the molecule is C=CCN(C(=O)C1N(CCCCCO)C(=O)[C@@H]2[C@H](C(=O)OCC)[C@]3(C)CCC12O3)c1ccc(Cl)cc1. The predicted octanol–water partition coefficient (Wildman–Crippen LogP) is 3.35. The number of carbonyl (C=O) groups excluding carboxylic acids is 3. The van der Waals surface area contributed by atoms with E-state index >= 15 is 0 Å². The van der Waals surface area contributed by atoms with Gasteiger partial charge in [-0.15, -0.1) is 6.58 Å². The van der Waals surface area contributed by atoms with Gasteiger partial charge in [0.25, 0.3) is 5.91 Å². The zero-order valence-electron chi connectivity index (χ0n) is 21.0. The van der Waals surface area contributed by atoms with Gasteiger partial charge in [-0.1, -0.05) is 17.7 Å². The number of ether oxygens (including phenoxy) is 2. The van der Waals surface area contributed by atoms with E-state index in [1.54, 1.807) is 47.1 Å². The van der Waals surface area contributed by atoms with Crippen molar-refractivity contribution in [2.24, 2.45) is 11.8 Å². The molecule has 3 saturated heterocycles. The van der Waals surface area contributed by atoms with Crippen LogP contribution in [0.3, 0.4) is 0 Å². The van der Waals surface area contributed by atoms with E-state index in [4.69, 9.17) is 21.1 Å². The summed E-state index contributed by atoms with van der Waals surface area (Å²) < 4.78 is 12.0. The number of carbonyl (C=O) groups is 3. The van der Waals surface area contributed by atoms with E-state index in [0.717, 1.165) is 0 Å². The van der Waals surface area contributed by atoms with Crippen molar-refractivity contribution < 1.29 is 29.0 Å². The fourth-order valence-corrected chi connectivity index (χ4v) is 6.45. The molecular weight excluding hydrogens is 484 g/mol. The number of nitrogens with zero attached hydrogens (tertiary/aromatic N) is 2. The zero-order chi connectivity index (χ0) is 26.1. The highest BCUT2D eigenvalue weighted by atomic mass is 35.5. The molecule has 3 aliphatic rings. The van der Waals surface area contributed by atoms with E-state index in [-0.39, 0.29) is 31.6 Å². The summed E-state index contributed by atoms with van der Waals surface area (Å²) in [6, 6.07) is 6.06. The van der Waals surface area contributed by atoms with Crippen LogP contribution in [-0.4, -0.2) is 71.3 Å². The van der Waals surface area contributed by atoms with Crippen LogP contribution in [0.15, 0.2) is 36.9 Å². The number of unbranched alkanes of at least 4 members (excludes halogenated alkanes) is 2. The molecule has 36 heavy (non-hydrogen) atoms. The van der Waals surface area contributed by atoms with Crippen molar-refractivity contribution in [1.82, 2.24) is 4.90 Å². The van der Waals surface area contributed by atoms with Crippen LogP contribution in [0.2, 0.25) is 5.02 Å². The normalized spacial score (nSPS) is 30.4. The molecule has 1 aromatic carbocycles. The number of rotatable bonds is 11. The lowest BCUT2D eigenvalue weighted by atomic mass is 9.66. The molecule has 3 aliphatic heterocycles. The van der Waals surface area contributed by atoms with E-state index < -0.39 is 35.0 Å². The molecule has 1 spiro atoms. The third kappa shape index (κ3) is 4.33. The van der Waals surface area contributed by atoms with Gasteiger partial charge in [-0.2, -0.15) is 0 Å². The maximum atomic E-state index is 14.3. The average molecular weight is 519 g/mol. The Kier molecular flexibility index (Phi) is 7.78. The Morgan fingerprint density at radius 2 is 2.00 bits per heavy atom. The molecule has 2 bridgehead atoms. The third-order valence-corrected chi connectivity index (χ3v) is 8.08. The van der Waals surface area contributed by atoms with E-state index in [2.05, 4.69) is 6.58 Å². The molecule has 2 unspecified atom stereocenters. The van der Waals surface area contributed by atoms with Crippen LogP contribution in [-0.2, 0) is 23.9 Å². The number of hydrogen-bond acceptors (Lipinski definition) is 6. The first kappa shape index (κ1) is 26.6. The minimum absolute atomic E-state index is 0.0684. The average Bonchev–Trinajstić information content (AvgIpc) is 3.41. The van der Waals surface area contributed by atoms with Crippen LogP contribution in [0.5, 0.6) is 0 Å². The number of aliphatic hydroxyl groups is 1. The molecule has 9 heteroatoms. The van der Waals surface area contributed by atoms with Gasteiger partial charge in [0.15, 0.2) is 0 Å². The Hall–Kier alpha value is -2.42. The Morgan fingerprint density at radius 3 is 2.64 bits per heavy atom. The molecular formula is C27H35ClN2O6. The monoisotopic (exact) mass is 518 g/mol. The van der Waals surface area contributed by atoms with Crippen molar-refractivity contribution in [3.05, 3.63) is 41.9 Å². The second kappa shape index (κ2) is 10.5. The van der Waals surface area contributed by atoms with Gasteiger partial charge in [0.2, 0.25) is 5.91 Å². The summed E-state index contributed by atoms with van der Waals surface area (Å²) >= 11 is 6.08. The Labute approximate surface area is 217 Å². The first-order valence-corrected chi connectivity index (χ1v) is 13.1. The molecule has 0 aromatic heterocycles. The minimum Gasteiger partial charge on any atom is -0.466 e. The van der Waals surface area contributed by atoms with E-state index in [1.165, 1.54) is 0 Å². The smallest absolute Gasteiger partial charge is 0.312 e. The van der Waals surface area contributed by atoms with Crippen molar-refractivity contribution >= 4 is 35.1 Å². The Morgan fingerprint density at radius 1 is 1.28 bits per heavy atom. The molecule has 0 saturated carbocycles. The lowest BCUT2D eigenvalue weighted by molar-refractivity contribution is -0.159. The molecule has 196 valence electrons. The second-order valence-corrected chi connectivity index (χ2v) is 10.4. The van der Waals surface area contributed by atoms with Gasteiger partial charge >= 0.3 is 5.97 Å². The van der Waals surface area contributed by atoms with Crippen LogP contribution in [0, 0.1) is 11.8 Å². The van der Waals surface area contributed by atoms with Gasteiger partial charge < -0.3 is 24.4 Å². The van der Waals surface area contributed by atoms with Gasteiger partial charge in [0.05, 0.1) is 18.1 Å². The molecule has 8 nitrogen and oxygen atoms in total. The van der Waals surface area contributed by atoms with Crippen molar-refractivity contribution in [3.8, 4) is 0 Å². The first-order chi connectivity index (χ1) is 17.2. The topological polar surface area (TPSA) is 96.4 Å². The number of fused-ring (bicyclic) bond motifs is 1. The number of halogens is 1. The van der Waals surface area contributed by atoms with Crippen LogP contribution in [0.1, 0.15) is 46.0 Å². The summed E-state index contributed by atoms with van der Waals surface area (Å²) in [4.78, 5) is 44.5. The summed E-state index contributed by atoms with van der Waals surface area (Å²) in [7, 11) is 0. The largest absolute Gasteiger partial charge is 0.466 e. The summed E-state index contributed by atoms with van der Waals surface area (Å²) in [5.74, 6) is -2.51. The number of anilines is 1. The van der Waals surface area contributed by atoms with Gasteiger partial charge in [0.1, 0.15) is 17.6 Å². The van der Waals surface area contributed by atoms with E-state index in [1.807, 2.05) is 6.92 Å². The van der Waals surface area contributed by atoms with E-state index in [9.17, 15) is 19.5 Å². The first-order valence-electron chi connectivity index (χ1n) is 12.7. The molecule has 4 rings (SSSR count). The number of benzene rings is 1. The van der Waals surface area contributed by atoms with Gasteiger partial charge in [0, 0.05) is 30.4 Å². The van der Waals surface area contributed by atoms with Crippen molar-refractivity contribution in [3.63, 3.8) is 0 Å². The highest BCUT2D eigenvalue weighted by Crippen LogP contribution is 2.63. The molecule has 2 amide bonds. The predicted molar refractivity (Wildman–Crippen MR) is 136 cm³/mol. The summed E-state index contributed by atoms with van der Waals surface area (Å²) in [6.45, 7) is 8.26. The molecule has 1 N–H and O–H groups in total. The Balaban J connectivity index is 1.75. The van der Waals surface area contributed by atoms with Crippen LogP contribution < -0.4 is 4.90 Å². The van der Waals surface area contributed by atoms with Gasteiger partial charge in [-0.3, -0.25) is 14.4 Å². The molecule has 1 aromatic rings. The molecule has 0 aliphatic carbocycles. The minimum atomic E-state index is -1.11. The van der Waals surface area contributed by atoms with Gasteiger partial charge in [-0.05, 0) is 70.2 Å². The zero-order valence-corrected chi connectivity index (χ0v) is 21.7.